The summed E-state index contributed by atoms with van der Waals surface area (Å²) in [6.07, 6.45) is 5.66. The Morgan fingerprint density at radius 1 is 0.956 bits per heavy atom. The molecule has 2 aromatic heterocycles. The highest BCUT2D eigenvalue weighted by Crippen LogP contribution is 2.38. The first kappa shape index (κ1) is 30.2. The summed E-state index contributed by atoms with van der Waals surface area (Å²) in [6, 6.07) is 26.2. The molecule has 45 heavy (non-hydrogen) atoms. The summed E-state index contributed by atoms with van der Waals surface area (Å²) in [5, 5.41) is 9.86. The third-order valence-electron chi connectivity index (χ3n) is 8.50. The number of ether oxygens (including phenoxy) is 1. The fourth-order valence-corrected chi connectivity index (χ4v) is 6.28. The van der Waals surface area contributed by atoms with Crippen LogP contribution in [0.3, 0.4) is 0 Å². The maximum absolute atomic E-state index is 13.6. The lowest BCUT2D eigenvalue weighted by atomic mass is 9.83. The van der Waals surface area contributed by atoms with Gasteiger partial charge in [-0.25, -0.2) is 9.48 Å². The Labute approximate surface area is 266 Å². The molecule has 5 aromatic rings. The molecule has 2 heterocycles. The lowest BCUT2D eigenvalue weighted by Gasteiger charge is -2.23. The average molecular weight is 621 g/mol. The molecule has 0 radical (unpaired) electrons. The van der Waals surface area contributed by atoms with Crippen LogP contribution < -0.4 is 10.9 Å². The second kappa shape index (κ2) is 13.4. The minimum atomic E-state index is -0.453. The molecular weight excluding hydrogens is 588 g/mol. The van der Waals surface area contributed by atoms with E-state index < -0.39 is 5.97 Å². The van der Waals surface area contributed by atoms with Gasteiger partial charge in [-0.15, -0.1) is 0 Å². The smallest absolute Gasteiger partial charge is 0.339 e. The van der Waals surface area contributed by atoms with Crippen LogP contribution in [0.2, 0.25) is 5.02 Å². The third kappa shape index (κ3) is 6.66. The number of rotatable bonds is 9. The van der Waals surface area contributed by atoms with Crippen LogP contribution in [0.4, 0.5) is 0 Å². The van der Waals surface area contributed by atoms with Crippen molar-refractivity contribution in [2.75, 3.05) is 7.11 Å². The highest BCUT2D eigenvalue weighted by molar-refractivity contribution is 6.30. The number of nitrogens with zero attached hydrogens (tertiary/aromatic N) is 3. The van der Waals surface area contributed by atoms with Gasteiger partial charge in [0.2, 0.25) is 5.91 Å². The summed E-state index contributed by atoms with van der Waals surface area (Å²) in [5.41, 5.74) is 4.29. The number of amides is 1. The van der Waals surface area contributed by atoms with E-state index in [0.29, 0.717) is 27.4 Å². The number of methoxy groups -OCH3 is 1. The fourth-order valence-electron chi connectivity index (χ4n) is 6.15. The summed E-state index contributed by atoms with van der Waals surface area (Å²) in [6.45, 7) is 0.548. The van der Waals surface area contributed by atoms with Gasteiger partial charge in [-0.1, -0.05) is 79.0 Å². The zero-order valence-corrected chi connectivity index (χ0v) is 25.7. The number of halogens is 1. The van der Waals surface area contributed by atoms with Crippen LogP contribution in [0.15, 0.2) is 95.9 Å². The van der Waals surface area contributed by atoms with Crippen LogP contribution in [0.1, 0.15) is 58.8 Å². The van der Waals surface area contributed by atoms with Gasteiger partial charge in [-0.3, -0.25) is 14.6 Å². The predicted molar refractivity (Wildman–Crippen MR) is 174 cm³/mol. The molecule has 3 aromatic carbocycles. The number of benzene rings is 3. The number of pyridine rings is 1. The first-order valence-corrected chi connectivity index (χ1v) is 15.4. The Hall–Kier alpha value is -4.82. The Kier molecular flexibility index (Phi) is 9.03. The highest BCUT2D eigenvalue weighted by Gasteiger charge is 2.32. The van der Waals surface area contributed by atoms with Crippen LogP contribution in [0.25, 0.3) is 22.0 Å². The van der Waals surface area contributed by atoms with Gasteiger partial charge in [0.15, 0.2) is 0 Å². The summed E-state index contributed by atoms with van der Waals surface area (Å²) >= 11 is 6.12. The van der Waals surface area contributed by atoms with E-state index in [2.05, 4.69) is 10.3 Å². The van der Waals surface area contributed by atoms with E-state index in [4.69, 9.17) is 21.4 Å². The van der Waals surface area contributed by atoms with Crippen molar-refractivity contribution in [1.82, 2.24) is 20.1 Å². The van der Waals surface area contributed by atoms with Crippen LogP contribution in [-0.2, 0) is 22.6 Å². The zero-order valence-electron chi connectivity index (χ0n) is 24.9. The molecule has 1 amide bonds. The van der Waals surface area contributed by atoms with Crippen molar-refractivity contribution in [2.45, 2.75) is 44.7 Å². The van der Waals surface area contributed by atoms with Gasteiger partial charge in [-0.05, 0) is 60.2 Å². The first-order chi connectivity index (χ1) is 21.9. The Morgan fingerprint density at radius 2 is 1.67 bits per heavy atom. The number of esters is 1. The van der Waals surface area contributed by atoms with Crippen molar-refractivity contribution in [2.24, 2.45) is 5.92 Å². The maximum Gasteiger partial charge on any atom is 0.339 e. The van der Waals surface area contributed by atoms with Crippen LogP contribution in [-0.4, -0.2) is 33.8 Å². The monoisotopic (exact) mass is 620 g/mol. The summed E-state index contributed by atoms with van der Waals surface area (Å²) in [4.78, 5) is 43.1. The molecule has 228 valence electrons. The second-order valence-corrected chi connectivity index (χ2v) is 11.8. The lowest BCUT2D eigenvalue weighted by molar-refractivity contribution is -0.123. The van der Waals surface area contributed by atoms with E-state index in [9.17, 15) is 14.4 Å². The van der Waals surface area contributed by atoms with E-state index in [-0.39, 0.29) is 36.4 Å². The van der Waals surface area contributed by atoms with Crippen LogP contribution in [0.5, 0.6) is 0 Å². The number of fused-ring (bicyclic) bond motifs is 1. The quantitative estimate of drug-likeness (QED) is 0.188. The van der Waals surface area contributed by atoms with Gasteiger partial charge in [-0.2, -0.15) is 5.10 Å². The van der Waals surface area contributed by atoms with Crippen LogP contribution in [0, 0.1) is 5.92 Å². The van der Waals surface area contributed by atoms with Gasteiger partial charge < -0.3 is 10.1 Å². The first-order valence-electron chi connectivity index (χ1n) is 15.1. The van der Waals surface area contributed by atoms with Crippen LogP contribution >= 0.6 is 11.6 Å². The number of nitrogens with one attached hydrogen (secondary N) is 1. The molecule has 1 aliphatic carbocycles. The summed E-state index contributed by atoms with van der Waals surface area (Å²) in [5.74, 6) is -0.550. The van der Waals surface area contributed by atoms with Crippen molar-refractivity contribution in [1.29, 1.82) is 0 Å². The van der Waals surface area contributed by atoms with Crippen molar-refractivity contribution in [3.63, 3.8) is 0 Å². The van der Waals surface area contributed by atoms with Crippen molar-refractivity contribution < 1.29 is 14.3 Å². The number of hydrogen-bond donors (Lipinski definition) is 1. The van der Waals surface area contributed by atoms with Crippen molar-refractivity contribution in [3.8, 4) is 11.3 Å². The maximum atomic E-state index is 13.6. The van der Waals surface area contributed by atoms with Crippen molar-refractivity contribution >= 4 is 34.2 Å². The standard InChI is InChI=1S/C36H33ClN4O4/c1-45-36(44)27-16-19-29(38-20-27)21-39-34(42)32(24-6-2-3-7-24)25-12-10-23(11-13-25)22-41-35(43)31-9-5-4-8-30(31)33(40-41)26-14-17-28(37)18-15-26/h4-5,8-20,24,32H,2-3,6-7,21-22H2,1H3,(H,39,42). The number of carbonyl (C=O) groups excluding carboxylic acids is 2. The summed E-state index contributed by atoms with van der Waals surface area (Å²) in [7, 11) is 1.32. The van der Waals surface area contributed by atoms with E-state index in [1.54, 1.807) is 12.1 Å². The molecule has 0 bridgehead atoms. The molecule has 1 saturated carbocycles. The molecule has 9 heteroatoms. The summed E-state index contributed by atoms with van der Waals surface area (Å²) < 4.78 is 6.23. The van der Waals surface area contributed by atoms with E-state index in [1.165, 1.54) is 18.0 Å². The minimum absolute atomic E-state index is 0.0477. The Balaban J connectivity index is 1.23. The Morgan fingerprint density at radius 3 is 2.33 bits per heavy atom. The minimum Gasteiger partial charge on any atom is -0.465 e. The largest absolute Gasteiger partial charge is 0.465 e. The predicted octanol–water partition coefficient (Wildman–Crippen LogP) is 6.54. The van der Waals surface area contributed by atoms with E-state index >= 15 is 0 Å². The number of carbonyl (C=O) groups is 2. The lowest BCUT2D eigenvalue weighted by Crippen LogP contribution is -2.32. The zero-order chi connectivity index (χ0) is 31.3. The molecule has 1 unspecified atom stereocenters. The molecule has 6 rings (SSSR count). The molecule has 1 aliphatic rings. The van der Waals surface area contributed by atoms with Crippen molar-refractivity contribution in [3.05, 3.63) is 129 Å². The number of aromatic nitrogens is 3. The average Bonchev–Trinajstić information content (AvgIpc) is 3.61. The SMILES string of the molecule is COC(=O)c1ccc(CNC(=O)C(c2ccc(Cn3nc(-c4ccc(Cl)cc4)c4ccccc4c3=O)cc2)C2CCCC2)nc1. The molecule has 1 N–H and O–H groups in total. The Bertz CT molecular complexity index is 1880. The van der Waals surface area contributed by atoms with E-state index in [0.717, 1.165) is 47.8 Å². The third-order valence-corrected chi connectivity index (χ3v) is 8.75. The molecule has 0 spiro atoms. The van der Waals surface area contributed by atoms with E-state index in [1.807, 2.05) is 72.8 Å². The topological polar surface area (TPSA) is 103 Å². The van der Waals surface area contributed by atoms with Gasteiger partial charge >= 0.3 is 5.97 Å². The van der Waals surface area contributed by atoms with Gasteiger partial charge in [0, 0.05) is 22.2 Å². The number of hydrogen-bond acceptors (Lipinski definition) is 6. The van der Waals surface area contributed by atoms with Gasteiger partial charge in [0.1, 0.15) is 0 Å². The molecule has 1 atom stereocenters. The highest BCUT2D eigenvalue weighted by atomic mass is 35.5. The second-order valence-electron chi connectivity index (χ2n) is 11.4. The van der Waals surface area contributed by atoms with Gasteiger partial charge in [0.25, 0.3) is 5.56 Å². The molecule has 1 fully saturated rings. The molecule has 0 saturated heterocycles. The normalized spacial score (nSPS) is 13.9. The van der Waals surface area contributed by atoms with Gasteiger partial charge in [0.05, 0.1) is 48.5 Å². The molecular formula is C36H33ClN4O4. The molecule has 0 aliphatic heterocycles. The molecule has 8 nitrogen and oxygen atoms in total. The fraction of sp³-hybridized carbons (Fsp3) is 0.250.